The van der Waals surface area contributed by atoms with Crippen molar-refractivity contribution in [3.63, 3.8) is 0 Å². The molecule has 4 heteroatoms. The molecule has 4 nitrogen and oxygen atoms in total. The first kappa shape index (κ1) is 26.6. The molecule has 0 aromatic heterocycles. The van der Waals surface area contributed by atoms with E-state index in [0.29, 0.717) is 0 Å². The zero-order valence-electron chi connectivity index (χ0n) is 19.6. The Morgan fingerprint density at radius 3 is 1.72 bits per heavy atom. The van der Waals surface area contributed by atoms with E-state index >= 15 is 0 Å². The lowest BCUT2D eigenvalue weighted by atomic mass is 9.96. The van der Waals surface area contributed by atoms with Crippen LogP contribution in [0, 0.1) is 0 Å². The lowest BCUT2D eigenvalue weighted by molar-refractivity contribution is -0.262. The smallest absolute Gasteiger partial charge is 0.187 e. The average molecular weight is 413 g/mol. The van der Waals surface area contributed by atoms with Gasteiger partial charge in [0.2, 0.25) is 0 Å². The predicted molar refractivity (Wildman–Crippen MR) is 120 cm³/mol. The minimum Gasteiger partial charge on any atom is -0.370 e. The van der Waals surface area contributed by atoms with Gasteiger partial charge in [-0.15, -0.1) is 0 Å². The van der Waals surface area contributed by atoms with Crippen molar-refractivity contribution in [2.24, 2.45) is 0 Å². The molecule has 0 saturated carbocycles. The summed E-state index contributed by atoms with van der Waals surface area (Å²) in [5, 5.41) is 0. The second kappa shape index (κ2) is 17.3. The molecular weight excluding hydrogens is 364 g/mol. The van der Waals surface area contributed by atoms with Crippen molar-refractivity contribution in [3.05, 3.63) is 0 Å². The van der Waals surface area contributed by atoms with Gasteiger partial charge in [0.15, 0.2) is 12.1 Å². The number of ketones is 1. The zero-order chi connectivity index (χ0) is 21.2. The summed E-state index contributed by atoms with van der Waals surface area (Å²) in [6.07, 6.45) is 19.9. The maximum absolute atomic E-state index is 11.4. The molecule has 0 aliphatic carbocycles. The monoisotopic (exact) mass is 412 g/mol. The first-order valence-corrected chi connectivity index (χ1v) is 12.5. The lowest BCUT2D eigenvalue weighted by Gasteiger charge is -2.38. The van der Waals surface area contributed by atoms with Crippen molar-refractivity contribution in [3.8, 4) is 0 Å². The summed E-state index contributed by atoms with van der Waals surface area (Å²) in [4.78, 5) is 11.4. The third kappa shape index (κ3) is 12.8. The molecule has 1 aliphatic heterocycles. The molecule has 0 bridgehead atoms. The Bertz CT molecular complexity index is 388. The minimum absolute atomic E-state index is 0.0150. The fourth-order valence-corrected chi connectivity index (χ4v) is 4.01. The maximum Gasteiger partial charge on any atom is 0.187 e. The van der Waals surface area contributed by atoms with E-state index in [4.69, 9.17) is 14.2 Å². The summed E-state index contributed by atoms with van der Waals surface area (Å²) < 4.78 is 17.7. The molecule has 0 aromatic carbocycles. The highest BCUT2D eigenvalue weighted by Crippen LogP contribution is 2.29. The van der Waals surface area contributed by atoms with Crippen LogP contribution in [0.1, 0.15) is 124 Å². The molecule has 1 aliphatic rings. The molecule has 0 amide bonds. The summed E-state index contributed by atoms with van der Waals surface area (Å²) in [6, 6.07) is 0. The van der Waals surface area contributed by atoms with Crippen LogP contribution in [0.5, 0.6) is 0 Å². The van der Waals surface area contributed by atoms with Gasteiger partial charge in [-0.05, 0) is 19.8 Å². The fraction of sp³-hybridized carbons (Fsp3) is 0.960. The Labute approximate surface area is 180 Å². The highest BCUT2D eigenvalue weighted by molar-refractivity contribution is 5.81. The quantitative estimate of drug-likeness (QED) is 0.215. The van der Waals surface area contributed by atoms with E-state index in [0.717, 1.165) is 25.9 Å². The molecule has 0 radical (unpaired) electrons. The van der Waals surface area contributed by atoms with Gasteiger partial charge in [-0.1, -0.05) is 104 Å². The molecular formula is C25H48O4. The molecule has 1 atom stereocenters. The maximum atomic E-state index is 11.4. The van der Waals surface area contributed by atoms with Crippen molar-refractivity contribution >= 4 is 5.78 Å². The Hall–Kier alpha value is -0.450. The van der Waals surface area contributed by atoms with Crippen LogP contribution >= 0.6 is 0 Å². The standard InChI is InChI=1S/C25H48O4/c1-4-6-8-10-11-12-13-14-16-18-20-29-25(3,19-17-15-9-7-5-2)24-27-21-23(26)22-28-24/h24H,4-22H2,1-3H3. The second-order valence-electron chi connectivity index (χ2n) is 9.00. The van der Waals surface area contributed by atoms with Crippen molar-refractivity contribution in [2.75, 3.05) is 19.8 Å². The van der Waals surface area contributed by atoms with Gasteiger partial charge in [-0.3, -0.25) is 4.79 Å². The van der Waals surface area contributed by atoms with Crippen molar-refractivity contribution in [1.82, 2.24) is 0 Å². The molecule has 172 valence electrons. The topological polar surface area (TPSA) is 44.8 Å². The van der Waals surface area contributed by atoms with Crippen LogP contribution in [0.3, 0.4) is 0 Å². The molecule has 1 heterocycles. The van der Waals surface area contributed by atoms with Crippen LogP contribution in [-0.2, 0) is 19.0 Å². The van der Waals surface area contributed by atoms with Gasteiger partial charge >= 0.3 is 0 Å². The van der Waals surface area contributed by atoms with E-state index in [1.807, 2.05) is 0 Å². The molecule has 0 aromatic rings. The first-order chi connectivity index (χ1) is 14.1. The summed E-state index contributed by atoms with van der Waals surface area (Å²) in [7, 11) is 0. The van der Waals surface area contributed by atoms with E-state index in [1.54, 1.807) is 0 Å². The normalized spacial score (nSPS) is 17.6. The minimum atomic E-state index is -0.452. The number of hydrogen-bond acceptors (Lipinski definition) is 4. The first-order valence-electron chi connectivity index (χ1n) is 12.5. The van der Waals surface area contributed by atoms with Crippen LogP contribution in [0.25, 0.3) is 0 Å². The van der Waals surface area contributed by atoms with Gasteiger partial charge in [-0.2, -0.15) is 0 Å². The van der Waals surface area contributed by atoms with E-state index in [9.17, 15) is 4.79 Å². The highest BCUT2D eigenvalue weighted by Gasteiger charge is 2.39. The molecule has 1 unspecified atom stereocenters. The molecule has 1 rings (SSSR count). The Kier molecular flexibility index (Phi) is 15.8. The molecule has 29 heavy (non-hydrogen) atoms. The Morgan fingerprint density at radius 2 is 1.21 bits per heavy atom. The van der Waals surface area contributed by atoms with E-state index in [-0.39, 0.29) is 19.0 Å². The highest BCUT2D eigenvalue weighted by atomic mass is 16.7. The van der Waals surface area contributed by atoms with Crippen molar-refractivity contribution in [1.29, 1.82) is 0 Å². The van der Waals surface area contributed by atoms with Gasteiger partial charge in [-0.25, -0.2) is 0 Å². The van der Waals surface area contributed by atoms with E-state index in [2.05, 4.69) is 20.8 Å². The molecule has 1 saturated heterocycles. The van der Waals surface area contributed by atoms with Crippen LogP contribution in [0.4, 0.5) is 0 Å². The van der Waals surface area contributed by atoms with Gasteiger partial charge in [0, 0.05) is 6.61 Å². The number of rotatable bonds is 19. The Balaban J connectivity index is 2.22. The van der Waals surface area contributed by atoms with Crippen LogP contribution in [-0.4, -0.2) is 37.5 Å². The van der Waals surface area contributed by atoms with Crippen molar-refractivity contribution in [2.45, 2.75) is 135 Å². The number of carbonyl (C=O) groups excluding carboxylic acids is 1. The van der Waals surface area contributed by atoms with Crippen molar-refractivity contribution < 1.29 is 19.0 Å². The summed E-state index contributed by atoms with van der Waals surface area (Å²) >= 11 is 0. The summed E-state index contributed by atoms with van der Waals surface area (Å²) in [6.45, 7) is 7.66. The predicted octanol–water partition coefficient (Wildman–Crippen LogP) is 6.99. The third-order valence-electron chi connectivity index (χ3n) is 6.00. The third-order valence-corrected chi connectivity index (χ3v) is 6.00. The van der Waals surface area contributed by atoms with Crippen LogP contribution in [0.15, 0.2) is 0 Å². The van der Waals surface area contributed by atoms with Gasteiger partial charge in [0.05, 0.1) is 0 Å². The number of carbonyl (C=O) groups is 1. The van der Waals surface area contributed by atoms with Gasteiger partial charge in [0.1, 0.15) is 18.8 Å². The average Bonchev–Trinajstić information content (AvgIpc) is 2.72. The summed E-state index contributed by atoms with van der Waals surface area (Å²) in [5.41, 5.74) is -0.452. The zero-order valence-corrected chi connectivity index (χ0v) is 19.6. The molecule has 0 N–H and O–H groups in total. The largest absolute Gasteiger partial charge is 0.370 e. The van der Waals surface area contributed by atoms with Gasteiger partial charge < -0.3 is 14.2 Å². The second-order valence-corrected chi connectivity index (χ2v) is 9.00. The van der Waals surface area contributed by atoms with E-state index < -0.39 is 11.9 Å². The Morgan fingerprint density at radius 1 is 0.759 bits per heavy atom. The van der Waals surface area contributed by atoms with Crippen LogP contribution in [0.2, 0.25) is 0 Å². The fourth-order valence-electron chi connectivity index (χ4n) is 4.01. The van der Waals surface area contributed by atoms with Gasteiger partial charge in [0.25, 0.3) is 0 Å². The summed E-state index contributed by atoms with van der Waals surface area (Å²) in [5.74, 6) is 0.0150. The number of ether oxygens (including phenoxy) is 3. The molecule has 1 fully saturated rings. The van der Waals surface area contributed by atoms with E-state index in [1.165, 1.54) is 83.5 Å². The molecule has 0 spiro atoms. The van der Waals surface area contributed by atoms with Crippen LogP contribution < -0.4 is 0 Å². The number of unbranched alkanes of at least 4 members (excludes halogenated alkanes) is 13. The lowest BCUT2D eigenvalue weighted by Crippen LogP contribution is -2.49. The number of Topliss-reactive ketones (excluding diaryl/α,β-unsaturated/α-hetero) is 1. The SMILES string of the molecule is CCCCCCCCCCCCOC(C)(CCCCCCC)C1OCC(=O)CO1. The number of hydrogen-bond donors (Lipinski definition) is 0.